The van der Waals surface area contributed by atoms with E-state index in [0.29, 0.717) is 5.69 Å². The molecule has 5 heteroatoms. The van der Waals surface area contributed by atoms with E-state index < -0.39 is 5.41 Å². The molecule has 1 aromatic heterocycles. The zero-order chi connectivity index (χ0) is 13.1. The first-order valence-electron chi connectivity index (χ1n) is 5.38. The predicted octanol–water partition coefficient (Wildman–Crippen LogP) is 2.35. The van der Waals surface area contributed by atoms with E-state index in [1.807, 2.05) is 25.1 Å². The largest absolute Gasteiger partial charge is 0.361 e. The van der Waals surface area contributed by atoms with Crippen LogP contribution in [0.4, 0.5) is 11.5 Å². The average molecular weight is 256 g/mol. The second-order valence-corrected chi connectivity index (χ2v) is 5.01. The molecular formula is C12H18ClN3O. The molecule has 1 heterocycles. The van der Waals surface area contributed by atoms with Crippen LogP contribution in [0.5, 0.6) is 0 Å². The highest BCUT2D eigenvalue weighted by atomic mass is 35.5. The quantitative estimate of drug-likeness (QED) is 0.840. The maximum absolute atomic E-state index is 12.0. The van der Waals surface area contributed by atoms with Gasteiger partial charge in [0.15, 0.2) is 5.82 Å². The van der Waals surface area contributed by atoms with Crippen LogP contribution in [0.25, 0.3) is 0 Å². The van der Waals surface area contributed by atoms with Gasteiger partial charge in [0, 0.05) is 26.2 Å². The lowest BCUT2D eigenvalue weighted by atomic mass is 9.95. The minimum absolute atomic E-state index is 0.108. The van der Waals surface area contributed by atoms with Gasteiger partial charge in [-0.05, 0) is 26.0 Å². The molecule has 0 saturated heterocycles. The van der Waals surface area contributed by atoms with Gasteiger partial charge in [-0.15, -0.1) is 11.6 Å². The molecule has 1 amide bonds. The molecule has 0 saturated carbocycles. The van der Waals surface area contributed by atoms with Crippen molar-refractivity contribution in [2.24, 2.45) is 5.41 Å². The van der Waals surface area contributed by atoms with E-state index in [-0.39, 0.29) is 11.8 Å². The molecule has 4 nitrogen and oxygen atoms in total. The Morgan fingerprint density at radius 1 is 1.53 bits per heavy atom. The van der Waals surface area contributed by atoms with E-state index in [4.69, 9.17) is 11.6 Å². The molecule has 1 N–H and O–H groups in total. The number of amides is 1. The van der Waals surface area contributed by atoms with Gasteiger partial charge < -0.3 is 10.2 Å². The number of alkyl halides is 1. The lowest BCUT2D eigenvalue weighted by molar-refractivity contribution is -0.122. The minimum Gasteiger partial charge on any atom is -0.361 e. The van der Waals surface area contributed by atoms with Gasteiger partial charge in [-0.2, -0.15) is 0 Å². The fourth-order valence-corrected chi connectivity index (χ4v) is 1.32. The Bertz CT molecular complexity index is 404. The van der Waals surface area contributed by atoms with Crippen LogP contribution in [-0.4, -0.2) is 30.9 Å². The SMILES string of the molecule is CN(C)c1ncccc1NC(=O)C(C)(C)CCl. The summed E-state index contributed by atoms with van der Waals surface area (Å²) in [5.41, 5.74) is 0.0988. The second kappa shape index (κ2) is 5.36. The van der Waals surface area contributed by atoms with Crippen molar-refractivity contribution in [2.45, 2.75) is 13.8 Å². The molecule has 0 aliphatic heterocycles. The summed E-state index contributed by atoms with van der Waals surface area (Å²) in [5, 5.41) is 2.86. The van der Waals surface area contributed by atoms with Crippen LogP contribution < -0.4 is 10.2 Å². The van der Waals surface area contributed by atoms with Gasteiger partial charge in [0.2, 0.25) is 5.91 Å². The number of nitrogens with one attached hydrogen (secondary N) is 1. The van der Waals surface area contributed by atoms with Gasteiger partial charge >= 0.3 is 0 Å². The topological polar surface area (TPSA) is 45.2 Å². The molecule has 0 radical (unpaired) electrons. The summed E-state index contributed by atoms with van der Waals surface area (Å²) in [6, 6.07) is 3.61. The third-order valence-electron chi connectivity index (χ3n) is 2.41. The summed E-state index contributed by atoms with van der Waals surface area (Å²) in [4.78, 5) is 18.1. The van der Waals surface area contributed by atoms with Crippen LogP contribution in [0.2, 0.25) is 0 Å². The van der Waals surface area contributed by atoms with E-state index >= 15 is 0 Å². The molecule has 0 unspecified atom stereocenters. The number of carbonyl (C=O) groups is 1. The number of carbonyl (C=O) groups excluding carboxylic acids is 1. The van der Waals surface area contributed by atoms with Gasteiger partial charge in [-0.3, -0.25) is 4.79 Å². The Kier molecular flexibility index (Phi) is 4.34. The molecule has 0 spiro atoms. The zero-order valence-corrected chi connectivity index (χ0v) is 11.4. The smallest absolute Gasteiger partial charge is 0.231 e. The molecule has 1 rings (SSSR count). The first-order valence-corrected chi connectivity index (χ1v) is 5.91. The number of pyridine rings is 1. The van der Waals surface area contributed by atoms with Crippen molar-refractivity contribution in [3.8, 4) is 0 Å². The summed E-state index contributed by atoms with van der Waals surface area (Å²) in [5.74, 6) is 0.894. The highest BCUT2D eigenvalue weighted by Crippen LogP contribution is 2.24. The van der Waals surface area contributed by atoms with Crippen molar-refractivity contribution in [1.82, 2.24) is 4.98 Å². The monoisotopic (exact) mass is 255 g/mol. The third kappa shape index (κ3) is 3.33. The summed E-state index contributed by atoms with van der Waals surface area (Å²) >= 11 is 5.77. The number of aromatic nitrogens is 1. The normalized spacial score (nSPS) is 11.1. The summed E-state index contributed by atoms with van der Waals surface area (Å²) in [6.07, 6.45) is 1.69. The molecule has 0 aliphatic rings. The zero-order valence-electron chi connectivity index (χ0n) is 10.6. The Labute approximate surface area is 107 Å². The van der Waals surface area contributed by atoms with Crippen molar-refractivity contribution in [3.05, 3.63) is 18.3 Å². The van der Waals surface area contributed by atoms with Crippen LogP contribution in [0.15, 0.2) is 18.3 Å². The Morgan fingerprint density at radius 2 is 2.18 bits per heavy atom. The van der Waals surface area contributed by atoms with Crippen molar-refractivity contribution in [2.75, 3.05) is 30.2 Å². The maximum atomic E-state index is 12.0. The number of anilines is 2. The summed E-state index contributed by atoms with van der Waals surface area (Å²) < 4.78 is 0. The Morgan fingerprint density at radius 3 is 2.71 bits per heavy atom. The van der Waals surface area contributed by atoms with Crippen LogP contribution in [-0.2, 0) is 4.79 Å². The highest BCUT2D eigenvalue weighted by Gasteiger charge is 2.27. The number of hydrogen-bond donors (Lipinski definition) is 1. The van der Waals surface area contributed by atoms with Crippen LogP contribution >= 0.6 is 11.6 Å². The predicted molar refractivity (Wildman–Crippen MR) is 71.7 cm³/mol. The first-order chi connectivity index (χ1) is 7.88. The Hall–Kier alpha value is -1.29. The Balaban J connectivity index is 2.93. The molecule has 0 aromatic carbocycles. The fourth-order valence-electron chi connectivity index (χ4n) is 1.20. The van der Waals surface area contributed by atoms with Gasteiger partial charge in [-0.1, -0.05) is 0 Å². The molecular weight excluding hydrogens is 238 g/mol. The molecule has 0 atom stereocenters. The van der Waals surface area contributed by atoms with Crippen LogP contribution in [0, 0.1) is 5.41 Å². The lowest BCUT2D eigenvalue weighted by Crippen LogP contribution is -2.32. The standard InChI is InChI=1S/C12H18ClN3O/c1-12(2,8-13)11(17)15-9-6-5-7-14-10(9)16(3)4/h5-7H,8H2,1-4H3,(H,15,17). The molecule has 0 fully saturated rings. The third-order valence-corrected chi connectivity index (χ3v) is 3.08. The number of hydrogen-bond acceptors (Lipinski definition) is 3. The van der Waals surface area contributed by atoms with Crippen molar-refractivity contribution in [3.63, 3.8) is 0 Å². The lowest BCUT2D eigenvalue weighted by Gasteiger charge is -2.22. The van der Waals surface area contributed by atoms with E-state index in [9.17, 15) is 4.79 Å². The highest BCUT2D eigenvalue weighted by molar-refractivity contribution is 6.20. The van der Waals surface area contributed by atoms with E-state index in [1.165, 1.54) is 0 Å². The van der Waals surface area contributed by atoms with Gasteiger partial charge in [0.25, 0.3) is 0 Å². The summed E-state index contributed by atoms with van der Waals surface area (Å²) in [6.45, 7) is 3.61. The molecule has 1 aromatic rings. The number of nitrogens with zero attached hydrogens (tertiary/aromatic N) is 2. The fraction of sp³-hybridized carbons (Fsp3) is 0.500. The average Bonchev–Trinajstić information content (AvgIpc) is 2.29. The molecule has 17 heavy (non-hydrogen) atoms. The molecule has 94 valence electrons. The molecule has 0 aliphatic carbocycles. The second-order valence-electron chi connectivity index (χ2n) is 4.74. The number of halogens is 1. The van der Waals surface area contributed by atoms with Crippen molar-refractivity contribution < 1.29 is 4.79 Å². The minimum atomic E-state index is -0.596. The van der Waals surface area contributed by atoms with Crippen LogP contribution in [0.1, 0.15) is 13.8 Å². The van der Waals surface area contributed by atoms with E-state index in [0.717, 1.165) is 5.82 Å². The molecule has 0 bridgehead atoms. The first kappa shape index (κ1) is 13.8. The van der Waals surface area contributed by atoms with Gasteiger partial charge in [0.1, 0.15) is 0 Å². The maximum Gasteiger partial charge on any atom is 0.231 e. The van der Waals surface area contributed by atoms with E-state index in [1.54, 1.807) is 26.1 Å². The summed E-state index contributed by atoms with van der Waals surface area (Å²) in [7, 11) is 3.76. The van der Waals surface area contributed by atoms with Crippen LogP contribution in [0.3, 0.4) is 0 Å². The van der Waals surface area contributed by atoms with Gasteiger partial charge in [0.05, 0.1) is 11.1 Å². The van der Waals surface area contributed by atoms with E-state index in [2.05, 4.69) is 10.3 Å². The number of rotatable bonds is 4. The van der Waals surface area contributed by atoms with Crippen molar-refractivity contribution in [1.29, 1.82) is 0 Å². The van der Waals surface area contributed by atoms with Crippen molar-refractivity contribution >= 4 is 29.0 Å². The van der Waals surface area contributed by atoms with Gasteiger partial charge in [-0.25, -0.2) is 4.98 Å².